The highest BCUT2D eigenvalue weighted by atomic mass is 15.1. The minimum atomic E-state index is 0.308. The Morgan fingerprint density at radius 3 is 1.70 bits per heavy atom. The van der Waals surface area contributed by atoms with E-state index in [1.807, 2.05) is 76.2 Å². The average Bonchev–Trinajstić information content (AvgIpc) is 3.47. The Kier molecular flexibility index (Phi) is 21.9. The van der Waals surface area contributed by atoms with Crippen molar-refractivity contribution in [1.82, 2.24) is 0 Å². The maximum Gasteiger partial charge on any atom is 0.0533 e. The highest BCUT2D eigenvalue weighted by Gasteiger charge is 2.19. The van der Waals surface area contributed by atoms with Crippen LogP contribution in [0.1, 0.15) is 103 Å². The van der Waals surface area contributed by atoms with Crippen LogP contribution in [0.15, 0.2) is 279 Å². The van der Waals surface area contributed by atoms with Crippen LogP contribution in [-0.4, -0.2) is 0 Å². The van der Waals surface area contributed by atoms with Gasteiger partial charge in [-0.2, -0.15) is 0 Å². The second-order valence-electron chi connectivity index (χ2n) is 17.7. The zero-order valence-electron chi connectivity index (χ0n) is 44.4. The van der Waals surface area contributed by atoms with Gasteiger partial charge < -0.3 is 9.80 Å². The summed E-state index contributed by atoms with van der Waals surface area (Å²) in [6.45, 7) is 18.6. The molecule has 0 saturated heterocycles. The molecule has 73 heavy (non-hydrogen) atoms. The summed E-state index contributed by atoms with van der Waals surface area (Å²) in [5.74, 6) is 0.962. The summed E-state index contributed by atoms with van der Waals surface area (Å²) in [6, 6.07) is 71.1. The van der Waals surface area contributed by atoms with Crippen LogP contribution in [-0.2, 0) is 0 Å². The van der Waals surface area contributed by atoms with E-state index in [1.54, 1.807) is 6.08 Å². The van der Waals surface area contributed by atoms with Crippen LogP contribution in [0.25, 0.3) is 27.1 Å². The number of fused-ring (bicyclic) bond motifs is 2. The molecule has 2 aliphatic rings. The maximum atomic E-state index is 3.81. The van der Waals surface area contributed by atoms with Gasteiger partial charge >= 0.3 is 0 Å². The lowest BCUT2D eigenvalue weighted by Crippen LogP contribution is -2.16. The van der Waals surface area contributed by atoms with Gasteiger partial charge in [0.15, 0.2) is 0 Å². The number of rotatable bonds is 12. The summed E-state index contributed by atoms with van der Waals surface area (Å²) in [7, 11) is 0. The Bertz CT molecular complexity index is 3060. The van der Waals surface area contributed by atoms with Crippen molar-refractivity contribution in [2.24, 2.45) is 0 Å². The lowest BCUT2D eigenvalue weighted by atomic mass is 9.91. The van der Waals surface area contributed by atoms with E-state index in [2.05, 4.69) is 244 Å². The van der Waals surface area contributed by atoms with Crippen LogP contribution in [0, 0.1) is 0 Å². The Labute approximate surface area is 439 Å². The number of hydrogen-bond acceptors (Lipinski definition) is 2. The zero-order valence-corrected chi connectivity index (χ0v) is 44.4. The molecule has 0 saturated carbocycles. The molecule has 2 nitrogen and oxygen atoms in total. The van der Waals surface area contributed by atoms with Crippen molar-refractivity contribution in [1.29, 1.82) is 0 Å². The number of allylic oxidation sites excluding steroid dienone is 11. The maximum absolute atomic E-state index is 3.81. The summed E-state index contributed by atoms with van der Waals surface area (Å²) in [4.78, 5) is 4.63. The molecule has 10 rings (SSSR count). The summed E-state index contributed by atoms with van der Waals surface area (Å²) in [6.07, 6.45) is 25.8. The fourth-order valence-electron chi connectivity index (χ4n) is 9.02. The van der Waals surface area contributed by atoms with E-state index in [1.165, 1.54) is 61.5 Å². The third kappa shape index (κ3) is 15.0. The van der Waals surface area contributed by atoms with Crippen LogP contribution >= 0.6 is 0 Å². The molecule has 0 aliphatic heterocycles. The lowest BCUT2D eigenvalue weighted by molar-refractivity contribution is 0.740. The Hall–Kier alpha value is -7.94. The predicted octanol–water partition coefficient (Wildman–Crippen LogP) is 21.2. The van der Waals surface area contributed by atoms with Gasteiger partial charge in [0.25, 0.3) is 0 Å². The van der Waals surface area contributed by atoms with Crippen LogP contribution < -0.4 is 9.80 Å². The monoisotopic (exact) mass is 957 g/mol. The van der Waals surface area contributed by atoms with Crippen LogP contribution in [0.2, 0.25) is 0 Å². The topological polar surface area (TPSA) is 6.48 Å². The molecule has 8 aromatic carbocycles. The molecular weight excluding hydrogens is 881 g/mol. The number of nitrogens with zero attached hydrogens (tertiary/aromatic N) is 2. The Balaban J connectivity index is 0.000000297. The van der Waals surface area contributed by atoms with Gasteiger partial charge in [0, 0.05) is 40.3 Å². The van der Waals surface area contributed by atoms with Gasteiger partial charge in [0.1, 0.15) is 0 Å². The Morgan fingerprint density at radius 2 is 1.11 bits per heavy atom. The molecule has 2 atom stereocenters. The quantitative estimate of drug-likeness (QED) is 0.113. The molecule has 370 valence electrons. The second kappa shape index (κ2) is 29.4. The molecule has 0 fully saturated rings. The number of hydrogen-bond donors (Lipinski definition) is 0. The molecule has 0 N–H and O–H groups in total. The largest absolute Gasteiger partial charge is 0.317 e. The summed E-state index contributed by atoms with van der Waals surface area (Å²) in [5, 5.41) is 5.22. The Morgan fingerprint density at radius 1 is 0.562 bits per heavy atom. The fourth-order valence-corrected chi connectivity index (χ4v) is 9.02. The number of anilines is 4. The van der Waals surface area contributed by atoms with Crippen molar-refractivity contribution in [3.05, 3.63) is 296 Å². The van der Waals surface area contributed by atoms with Gasteiger partial charge in [0.2, 0.25) is 0 Å². The summed E-state index contributed by atoms with van der Waals surface area (Å²) >= 11 is 0. The van der Waals surface area contributed by atoms with E-state index < -0.39 is 0 Å². The van der Waals surface area contributed by atoms with Crippen molar-refractivity contribution in [3.8, 4) is 0 Å². The van der Waals surface area contributed by atoms with Crippen molar-refractivity contribution in [2.75, 3.05) is 9.80 Å². The number of para-hydroxylation sites is 1. The van der Waals surface area contributed by atoms with Gasteiger partial charge in [-0.25, -0.2) is 0 Å². The van der Waals surface area contributed by atoms with Gasteiger partial charge in [-0.15, -0.1) is 0 Å². The molecule has 2 unspecified atom stereocenters. The molecule has 0 heterocycles. The van der Waals surface area contributed by atoms with E-state index in [-0.39, 0.29) is 0 Å². The highest BCUT2D eigenvalue weighted by molar-refractivity contribution is 5.95. The van der Waals surface area contributed by atoms with Gasteiger partial charge in [-0.05, 0) is 132 Å². The van der Waals surface area contributed by atoms with Gasteiger partial charge in [-0.1, -0.05) is 254 Å². The molecule has 2 aliphatic carbocycles. The van der Waals surface area contributed by atoms with Gasteiger partial charge in [0.05, 0.1) is 5.69 Å². The van der Waals surface area contributed by atoms with E-state index in [9.17, 15) is 0 Å². The lowest BCUT2D eigenvalue weighted by Gasteiger charge is -2.28. The van der Waals surface area contributed by atoms with Crippen LogP contribution in [0.5, 0.6) is 0 Å². The molecular formula is C71H76N2. The SMILES string of the molecule is C=C/C=C\C=C/N(C1=CCC(c2ccc(N(c3ccccc3)c3ccc(C4=CC=C(C)CC4)cc3)cc2)C=C1)c1cccc2ccccc12.CC.CC.CCC(C)c1cccc2ccccc12.c1ccccc1. The molecule has 2 heteroatoms. The first-order valence-electron chi connectivity index (χ1n) is 26.5. The highest BCUT2D eigenvalue weighted by Crippen LogP contribution is 2.39. The molecule has 0 radical (unpaired) electrons. The van der Waals surface area contributed by atoms with E-state index in [4.69, 9.17) is 0 Å². The predicted molar refractivity (Wildman–Crippen MR) is 323 cm³/mol. The molecule has 0 spiro atoms. The first kappa shape index (κ1) is 54.4. The third-order valence-corrected chi connectivity index (χ3v) is 13.1. The molecule has 8 aromatic rings. The standard InChI is InChI=1S/C47H42N2.C14H16.C6H6.2C2H6/c1-3-4-5-11-35-48(47-18-12-14-41-13-9-10-17-46(41)47)42-29-23-38(24-30-42)40-27-33-45(34-28-40)49(43-15-7-6-8-16-43)44-31-25-39(26-32-44)37-21-19-36(2)20-22-37;1-3-11(2)13-10-6-8-12-7-4-5-9-14(12)13;1-2-4-6-5-3-1;2*1-2/h3-19,21,23,25-35,38H,1,20,22,24H2,2H3;4-11H,3H2,1-2H3;1-6H;2*1-2H3/b5-4-,35-11-;;;;. The first-order chi connectivity index (χ1) is 36.0. The van der Waals surface area contributed by atoms with E-state index in [0.717, 1.165) is 42.0 Å². The first-order valence-corrected chi connectivity index (χ1v) is 26.5. The van der Waals surface area contributed by atoms with Crippen molar-refractivity contribution in [2.45, 2.75) is 86.0 Å². The molecule has 0 aromatic heterocycles. The minimum Gasteiger partial charge on any atom is -0.317 e. The van der Waals surface area contributed by atoms with Crippen molar-refractivity contribution >= 4 is 49.9 Å². The second-order valence-corrected chi connectivity index (χ2v) is 17.7. The molecule has 0 bridgehead atoms. The van der Waals surface area contributed by atoms with Crippen LogP contribution in [0.3, 0.4) is 0 Å². The van der Waals surface area contributed by atoms with E-state index in [0.29, 0.717) is 11.8 Å². The van der Waals surface area contributed by atoms with Crippen molar-refractivity contribution in [3.63, 3.8) is 0 Å². The minimum absolute atomic E-state index is 0.308. The fraction of sp³-hybridized carbons (Fsp3) is 0.183. The van der Waals surface area contributed by atoms with Crippen molar-refractivity contribution < 1.29 is 0 Å². The average molecular weight is 957 g/mol. The normalized spacial score (nSPS) is 14.1. The van der Waals surface area contributed by atoms with E-state index >= 15 is 0 Å². The molecule has 0 amide bonds. The third-order valence-electron chi connectivity index (χ3n) is 13.1. The van der Waals surface area contributed by atoms with Crippen LogP contribution in [0.4, 0.5) is 22.7 Å². The summed E-state index contributed by atoms with van der Waals surface area (Å²) in [5.41, 5.74) is 12.7. The smallest absolute Gasteiger partial charge is 0.0533 e. The summed E-state index contributed by atoms with van der Waals surface area (Å²) < 4.78 is 0. The van der Waals surface area contributed by atoms with Gasteiger partial charge in [-0.3, -0.25) is 0 Å². The zero-order chi connectivity index (χ0) is 51.6. The number of benzene rings is 8.